The van der Waals surface area contributed by atoms with E-state index in [1.54, 1.807) is 11.3 Å². The highest BCUT2D eigenvalue weighted by molar-refractivity contribution is 7.14. The van der Waals surface area contributed by atoms with Gasteiger partial charge in [-0.1, -0.05) is 32.9 Å². The normalized spacial score (nSPS) is 22.2. The lowest BCUT2D eigenvalue weighted by Gasteiger charge is -2.11. The number of ketones is 1. The molecular formula is C23H28O2S. The molecule has 2 aliphatic carbocycles. The molecule has 1 N–H and O–H groups in total. The molecule has 1 saturated carbocycles. The van der Waals surface area contributed by atoms with E-state index in [9.17, 15) is 9.90 Å². The number of thiophene rings is 1. The van der Waals surface area contributed by atoms with Crippen LogP contribution in [0.1, 0.15) is 75.5 Å². The fourth-order valence-corrected chi connectivity index (χ4v) is 6.27. The summed E-state index contributed by atoms with van der Waals surface area (Å²) >= 11 is 1.71. The van der Waals surface area contributed by atoms with Crippen LogP contribution in [0, 0.1) is 25.2 Å². The molecule has 1 heterocycles. The van der Waals surface area contributed by atoms with Gasteiger partial charge < -0.3 is 5.11 Å². The summed E-state index contributed by atoms with van der Waals surface area (Å²) in [5.41, 5.74) is 6.33. The number of hydrogen-bond acceptors (Lipinski definition) is 3. The van der Waals surface area contributed by atoms with Gasteiger partial charge in [-0.3, -0.25) is 4.79 Å². The van der Waals surface area contributed by atoms with Crippen molar-refractivity contribution < 1.29 is 9.90 Å². The minimum Gasteiger partial charge on any atom is -0.507 e. The molecule has 138 valence electrons. The molecule has 0 unspecified atom stereocenters. The molecule has 0 saturated heterocycles. The minimum atomic E-state index is 0.294. The van der Waals surface area contributed by atoms with Crippen molar-refractivity contribution in [3.05, 3.63) is 49.7 Å². The maximum absolute atomic E-state index is 12.9. The van der Waals surface area contributed by atoms with E-state index < -0.39 is 0 Å². The largest absolute Gasteiger partial charge is 0.507 e. The van der Waals surface area contributed by atoms with Crippen LogP contribution in [-0.2, 0) is 19.3 Å². The number of fused-ring (bicyclic) bond motifs is 3. The molecule has 0 bridgehead atoms. The predicted octanol–water partition coefficient (Wildman–Crippen LogP) is 5.74. The molecule has 4 rings (SSSR count). The minimum absolute atomic E-state index is 0.294. The highest BCUT2D eigenvalue weighted by Crippen LogP contribution is 2.71. The van der Waals surface area contributed by atoms with Crippen molar-refractivity contribution in [2.24, 2.45) is 11.3 Å². The monoisotopic (exact) mass is 368 g/mol. The van der Waals surface area contributed by atoms with Crippen molar-refractivity contribution in [1.82, 2.24) is 0 Å². The van der Waals surface area contributed by atoms with Gasteiger partial charge in [-0.25, -0.2) is 0 Å². The SMILES string of the molecule is CCc1cc(CCC(=O)c2sc(C)c3c2C[C@@H]2[C@H]3C2(C)C)cc(C)c1O. The van der Waals surface area contributed by atoms with Gasteiger partial charge in [-0.05, 0) is 78.2 Å². The molecule has 3 heteroatoms. The Bertz CT molecular complexity index is 903. The lowest BCUT2D eigenvalue weighted by Crippen LogP contribution is -2.05. The Hall–Kier alpha value is -1.61. The Kier molecular flexibility index (Phi) is 4.07. The van der Waals surface area contributed by atoms with Crippen LogP contribution in [0.4, 0.5) is 0 Å². The Labute approximate surface area is 160 Å². The van der Waals surface area contributed by atoms with Gasteiger partial charge in [-0.2, -0.15) is 0 Å². The summed E-state index contributed by atoms with van der Waals surface area (Å²) < 4.78 is 0. The number of phenolic OH excluding ortho intramolecular Hbond substituents is 1. The van der Waals surface area contributed by atoms with Gasteiger partial charge in [0.1, 0.15) is 5.75 Å². The highest BCUT2D eigenvalue weighted by Gasteiger charge is 2.63. The molecule has 2 aliphatic rings. The van der Waals surface area contributed by atoms with Crippen LogP contribution in [0.5, 0.6) is 5.75 Å². The van der Waals surface area contributed by atoms with Crippen molar-refractivity contribution in [3.63, 3.8) is 0 Å². The molecular weight excluding hydrogens is 340 g/mol. The molecule has 1 aromatic heterocycles. The van der Waals surface area contributed by atoms with E-state index >= 15 is 0 Å². The first-order valence-corrected chi connectivity index (χ1v) is 10.5. The van der Waals surface area contributed by atoms with Crippen LogP contribution in [0.3, 0.4) is 0 Å². The maximum atomic E-state index is 12.9. The third kappa shape index (κ3) is 2.55. The first kappa shape index (κ1) is 17.8. The summed E-state index contributed by atoms with van der Waals surface area (Å²) in [5.74, 6) is 2.12. The molecule has 1 fully saturated rings. The van der Waals surface area contributed by atoms with Crippen molar-refractivity contribution in [2.45, 2.75) is 66.2 Å². The van der Waals surface area contributed by atoms with Crippen LogP contribution in [0.15, 0.2) is 12.1 Å². The number of Topliss-reactive ketones (excluding diaryl/α,β-unsaturated/α-hetero) is 1. The Morgan fingerprint density at radius 2 is 2.04 bits per heavy atom. The lowest BCUT2D eigenvalue weighted by atomic mass is 9.93. The Morgan fingerprint density at radius 1 is 1.31 bits per heavy atom. The molecule has 0 aliphatic heterocycles. The van der Waals surface area contributed by atoms with Crippen molar-refractivity contribution in [2.75, 3.05) is 0 Å². The summed E-state index contributed by atoms with van der Waals surface area (Å²) in [6, 6.07) is 4.07. The Balaban J connectivity index is 1.52. The van der Waals surface area contributed by atoms with Gasteiger partial charge >= 0.3 is 0 Å². The van der Waals surface area contributed by atoms with Gasteiger partial charge in [0, 0.05) is 11.3 Å². The summed E-state index contributed by atoms with van der Waals surface area (Å²) in [5, 5.41) is 10.1. The van der Waals surface area contributed by atoms with E-state index in [1.807, 2.05) is 19.9 Å². The maximum Gasteiger partial charge on any atom is 0.173 e. The van der Waals surface area contributed by atoms with E-state index in [2.05, 4.69) is 26.8 Å². The molecule has 0 spiro atoms. The second-order valence-electron chi connectivity index (χ2n) is 8.69. The predicted molar refractivity (Wildman–Crippen MR) is 108 cm³/mol. The van der Waals surface area contributed by atoms with Crippen LogP contribution in [-0.4, -0.2) is 10.9 Å². The van der Waals surface area contributed by atoms with Gasteiger partial charge in [-0.15, -0.1) is 11.3 Å². The van der Waals surface area contributed by atoms with Crippen molar-refractivity contribution >= 4 is 17.1 Å². The van der Waals surface area contributed by atoms with Gasteiger partial charge in [0.2, 0.25) is 0 Å². The number of aryl methyl sites for hydroxylation is 4. The number of phenols is 1. The molecule has 2 nitrogen and oxygen atoms in total. The molecule has 2 aromatic rings. The lowest BCUT2D eigenvalue weighted by molar-refractivity contribution is 0.0986. The second kappa shape index (κ2) is 5.95. The van der Waals surface area contributed by atoms with Crippen LogP contribution < -0.4 is 0 Å². The van der Waals surface area contributed by atoms with E-state index in [0.717, 1.165) is 46.7 Å². The molecule has 26 heavy (non-hydrogen) atoms. The van der Waals surface area contributed by atoms with E-state index in [1.165, 1.54) is 16.0 Å². The number of rotatable bonds is 5. The van der Waals surface area contributed by atoms with Crippen LogP contribution in [0.25, 0.3) is 0 Å². The fourth-order valence-electron chi connectivity index (χ4n) is 5.08. The zero-order valence-electron chi connectivity index (χ0n) is 16.4. The number of benzene rings is 1. The third-order valence-electron chi connectivity index (χ3n) is 6.73. The summed E-state index contributed by atoms with van der Waals surface area (Å²) in [4.78, 5) is 15.3. The topological polar surface area (TPSA) is 37.3 Å². The molecule has 2 atom stereocenters. The third-order valence-corrected chi connectivity index (χ3v) is 7.94. The zero-order valence-corrected chi connectivity index (χ0v) is 17.2. The van der Waals surface area contributed by atoms with Gasteiger partial charge in [0.25, 0.3) is 0 Å². The molecule has 0 amide bonds. The number of carbonyl (C=O) groups is 1. The van der Waals surface area contributed by atoms with E-state index in [-0.39, 0.29) is 0 Å². The standard InChI is InChI=1S/C23H28O2S/c1-6-15-10-14(9-12(2)21(15)25)7-8-18(24)22-16-11-17-20(23(17,4)5)19(16)13(3)26-22/h9-10,17,20,25H,6-8,11H2,1-5H3/t17-,20-/m1/s1. The van der Waals surface area contributed by atoms with E-state index in [4.69, 9.17) is 0 Å². The van der Waals surface area contributed by atoms with Gasteiger partial charge in [0.05, 0.1) is 4.88 Å². The number of carbonyl (C=O) groups excluding carboxylic acids is 1. The summed E-state index contributed by atoms with van der Waals surface area (Å²) in [6.07, 6.45) is 3.21. The quantitative estimate of drug-likeness (QED) is 0.683. The zero-order chi connectivity index (χ0) is 18.8. The van der Waals surface area contributed by atoms with E-state index in [0.29, 0.717) is 29.3 Å². The second-order valence-corrected chi connectivity index (χ2v) is 9.91. The van der Waals surface area contributed by atoms with Crippen molar-refractivity contribution in [3.8, 4) is 5.75 Å². The highest BCUT2D eigenvalue weighted by atomic mass is 32.1. The number of hydrogen-bond donors (Lipinski definition) is 1. The summed E-state index contributed by atoms with van der Waals surface area (Å²) in [6.45, 7) is 10.9. The smallest absolute Gasteiger partial charge is 0.173 e. The van der Waals surface area contributed by atoms with Crippen molar-refractivity contribution in [1.29, 1.82) is 0 Å². The first-order valence-electron chi connectivity index (χ1n) is 9.72. The first-order chi connectivity index (χ1) is 12.3. The molecule has 1 aromatic carbocycles. The fraction of sp³-hybridized carbons (Fsp3) is 0.522. The molecule has 0 radical (unpaired) electrons. The average molecular weight is 369 g/mol. The van der Waals surface area contributed by atoms with Crippen LogP contribution in [0.2, 0.25) is 0 Å². The Morgan fingerprint density at radius 3 is 2.73 bits per heavy atom. The number of aromatic hydroxyl groups is 1. The average Bonchev–Trinajstić information content (AvgIpc) is 2.95. The summed E-state index contributed by atoms with van der Waals surface area (Å²) in [7, 11) is 0. The van der Waals surface area contributed by atoms with Crippen LogP contribution >= 0.6 is 11.3 Å². The van der Waals surface area contributed by atoms with Gasteiger partial charge in [0.15, 0.2) is 5.78 Å².